The number of methoxy groups -OCH3 is 1. The van der Waals surface area contributed by atoms with Crippen molar-refractivity contribution in [1.82, 2.24) is 9.21 Å². The Morgan fingerprint density at radius 2 is 2.03 bits per heavy atom. The molecular formula is C23H30N2O4S2. The predicted molar refractivity (Wildman–Crippen MR) is 122 cm³/mol. The van der Waals surface area contributed by atoms with Crippen LogP contribution in [0.2, 0.25) is 0 Å². The van der Waals surface area contributed by atoms with Gasteiger partial charge in [0, 0.05) is 29.6 Å². The van der Waals surface area contributed by atoms with Gasteiger partial charge in [0.05, 0.1) is 13.2 Å². The van der Waals surface area contributed by atoms with Crippen LogP contribution in [-0.4, -0.2) is 49.8 Å². The van der Waals surface area contributed by atoms with E-state index >= 15 is 0 Å². The van der Waals surface area contributed by atoms with Gasteiger partial charge >= 0.3 is 0 Å². The van der Waals surface area contributed by atoms with Gasteiger partial charge < -0.3 is 9.64 Å². The third kappa shape index (κ3) is 4.01. The van der Waals surface area contributed by atoms with Crippen LogP contribution in [0, 0.1) is 0 Å². The van der Waals surface area contributed by atoms with Crippen molar-refractivity contribution in [2.45, 2.75) is 62.9 Å². The zero-order valence-corrected chi connectivity index (χ0v) is 20.0. The maximum Gasteiger partial charge on any atom is 0.254 e. The summed E-state index contributed by atoms with van der Waals surface area (Å²) < 4.78 is 33.9. The summed E-state index contributed by atoms with van der Waals surface area (Å²) in [6, 6.07) is 6.85. The molecule has 2 atom stereocenters. The van der Waals surface area contributed by atoms with Crippen LogP contribution in [0.15, 0.2) is 34.5 Å². The average molecular weight is 463 g/mol. The number of amides is 1. The third-order valence-corrected chi connectivity index (χ3v) is 9.51. The van der Waals surface area contributed by atoms with Gasteiger partial charge in [-0.2, -0.15) is 4.31 Å². The highest BCUT2D eigenvalue weighted by Crippen LogP contribution is 2.37. The highest BCUT2D eigenvalue weighted by Gasteiger charge is 2.35. The van der Waals surface area contributed by atoms with E-state index in [1.807, 2.05) is 11.8 Å². The molecule has 0 bridgehead atoms. The Bertz CT molecular complexity index is 1060. The Kier molecular flexibility index (Phi) is 6.42. The van der Waals surface area contributed by atoms with Gasteiger partial charge in [-0.3, -0.25) is 4.79 Å². The van der Waals surface area contributed by atoms with Crippen LogP contribution < -0.4 is 4.74 Å². The van der Waals surface area contributed by atoms with E-state index in [1.54, 1.807) is 27.8 Å². The lowest BCUT2D eigenvalue weighted by molar-refractivity contribution is 0.0657. The largest absolute Gasteiger partial charge is 0.495 e. The number of carbonyl (C=O) groups excluding carboxylic acids is 1. The normalized spacial score (nSPS) is 22.2. The van der Waals surface area contributed by atoms with Crippen LogP contribution in [0.4, 0.5) is 0 Å². The van der Waals surface area contributed by atoms with Crippen molar-refractivity contribution in [3.8, 4) is 5.75 Å². The molecule has 168 valence electrons. The van der Waals surface area contributed by atoms with Crippen LogP contribution in [0.5, 0.6) is 5.75 Å². The number of benzene rings is 1. The van der Waals surface area contributed by atoms with E-state index in [1.165, 1.54) is 23.6 Å². The van der Waals surface area contributed by atoms with Crippen molar-refractivity contribution in [3.63, 3.8) is 0 Å². The molecule has 31 heavy (non-hydrogen) atoms. The minimum Gasteiger partial charge on any atom is -0.495 e. The third-order valence-electron chi connectivity index (χ3n) is 6.48. The summed E-state index contributed by atoms with van der Waals surface area (Å²) in [7, 11) is -2.30. The summed E-state index contributed by atoms with van der Waals surface area (Å²) in [5, 5.41) is 2.08. The quantitative estimate of drug-likeness (QED) is 0.658. The number of hydrogen-bond acceptors (Lipinski definition) is 5. The molecule has 1 aromatic heterocycles. The average Bonchev–Trinajstić information content (AvgIpc) is 3.26. The molecule has 1 amide bonds. The standard InChI is InChI=1S/C23H30N2O4S2/c1-4-19-18-11-14-30-21(18)10-13-24(19)23(26)17-8-9-20(29-3)22(15-17)31(27,28)25-12-6-5-7-16(25)2/h8-9,11,14-16,19H,4-7,10,12-13H2,1-3H3/t16-,19-/m0/s1. The number of sulfonamides is 1. The fourth-order valence-corrected chi connectivity index (χ4v) is 7.62. The Labute approximate surface area is 188 Å². The molecule has 2 aliphatic heterocycles. The number of rotatable bonds is 5. The number of piperidine rings is 1. The van der Waals surface area contributed by atoms with Crippen LogP contribution in [0.25, 0.3) is 0 Å². The molecule has 2 aromatic rings. The molecule has 0 aliphatic carbocycles. The van der Waals surface area contributed by atoms with Crippen molar-refractivity contribution in [2.75, 3.05) is 20.2 Å². The molecule has 0 saturated carbocycles. The highest BCUT2D eigenvalue weighted by atomic mass is 32.2. The van der Waals surface area contributed by atoms with Crippen molar-refractivity contribution >= 4 is 27.3 Å². The molecule has 3 heterocycles. The Balaban J connectivity index is 1.70. The molecule has 2 aliphatic rings. The number of ether oxygens (including phenoxy) is 1. The first-order chi connectivity index (χ1) is 14.9. The second kappa shape index (κ2) is 8.92. The van der Waals surface area contributed by atoms with Crippen LogP contribution in [-0.2, 0) is 16.4 Å². The zero-order chi connectivity index (χ0) is 22.2. The van der Waals surface area contributed by atoms with Crippen molar-refractivity contribution in [2.24, 2.45) is 0 Å². The number of carbonyl (C=O) groups is 1. The van der Waals surface area contributed by atoms with E-state index < -0.39 is 10.0 Å². The molecule has 4 rings (SSSR count). The van der Waals surface area contributed by atoms with E-state index in [2.05, 4.69) is 18.4 Å². The maximum atomic E-state index is 13.5. The molecule has 1 saturated heterocycles. The molecule has 8 heteroatoms. The van der Waals surface area contributed by atoms with E-state index in [9.17, 15) is 13.2 Å². The summed E-state index contributed by atoms with van der Waals surface area (Å²) in [4.78, 5) is 16.8. The molecule has 0 N–H and O–H groups in total. The number of thiophene rings is 1. The lowest BCUT2D eigenvalue weighted by Crippen LogP contribution is -2.42. The number of fused-ring (bicyclic) bond motifs is 1. The van der Waals surface area contributed by atoms with Gasteiger partial charge in [-0.15, -0.1) is 11.3 Å². The van der Waals surface area contributed by atoms with E-state index in [0.29, 0.717) is 18.7 Å². The predicted octanol–water partition coefficient (Wildman–Crippen LogP) is 4.47. The molecular weight excluding hydrogens is 432 g/mol. The van der Waals surface area contributed by atoms with Crippen LogP contribution in [0.3, 0.4) is 0 Å². The Hall–Kier alpha value is -1.90. The smallest absolute Gasteiger partial charge is 0.254 e. The van der Waals surface area contributed by atoms with Gasteiger partial charge in [-0.05, 0) is 67.8 Å². The van der Waals surface area contributed by atoms with Gasteiger partial charge in [0.2, 0.25) is 10.0 Å². The molecule has 0 unspecified atom stereocenters. The summed E-state index contributed by atoms with van der Waals surface area (Å²) in [6.45, 7) is 5.16. The van der Waals surface area contributed by atoms with Gasteiger partial charge in [-0.1, -0.05) is 13.3 Å². The van der Waals surface area contributed by atoms with E-state index in [-0.39, 0.29) is 28.6 Å². The Morgan fingerprint density at radius 1 is 1.23 bits per heavy atom. The van der Waals surface area contributed by atoms with Gasteiger partial charge in [-0.25, -0.2) is 8.42 Å². The van der Waals surface area contributed by atoms with Crippen LogP contribution in [0.1, 0.15) is 66.4 Å². The SMILES string of the molecule is CC[C@H]1c2ccsc2CCN1C(=O)c1ccc(OC)c(S(=O)(=O)N2CCCC[C@@H]2C)c1. The van der Waals surface area contributed by atoms with Crippen molar-refractivity contribution < 1.29 is 17.9 Å². The van der Waals surface area contributed by atoms with Crippen molar-refractivity contribution in [3.05, 3.63) is 45.6 Å². The fourth-order valence-electron chi connectivity index (χ4n) is 4.81. The van der Waals surface area contributed by atoms with E-state index in [0.717, 1.165) is 32.1 Å². The number of hydrogen-bond donors (Lipinski definition) is 0. The molecule has 0 spiro atoms. The van der Waals surface area contributed by atoms with Crippen molar-refractivity contribution in [1.29, 1.82) is 0 Å². The first kappa shape index (κ1) is 22.3. The second-order valence-corrected chi connectivity index (χ2v) is 11.2. The minimum atomic E-state index is -3.76. The molecule has 0 radical (unpaired) electrons. The highest BCUT2D eigenvalue weighted by molar-refractivity contribution is 7.89. The molecule has 6 nitrogen and oxygen atoms in total. The first-order valence-corrected chi connectivity index (χ1v) is 13.3. The zero-order valence-electron chi connectivity index (χ0n) is 18.3. The van der Waals surface area contributed by atoms with Gasteiger partial charge in [0.25, 0.3) is 5.91 Å². The van der Waals surface area contributed by atoms with E-state index in [4.69, 9.17) is 4.74 Å². The van der Waals surface area contributed by atoms with Crippen LogP contribution >= 0.6 is 11.3 Å². The number of nitrogens with zero attached hydrogens (tertiary/aromatic N) is 2. The topological polar surface area (TPSA) is 66.9 Å². The summed E-state index contributed by atoms with van der Waals surface area (Å²) in [5.41, 5.74) is 1.61. The molecule has 1 aromatic carbocycles. The van der Waals surface area contributed by atoms with Gasteiger partial charge in [0.15, 0.2) is 0 Å². The first-order valence-electron chi connectivity index (χ1n) is 11.0. The second-order valence-electron chi connectivity index (χ2n) is 8.30. The summed E-state index contributed by atoms with van der Waals surface area (Å²) >= 11 is 1.74. The monoisotopic (exact) mass is 462 g/mol. The summed E-state index contributed by atoms with van der Waals surface area (Å²) in [6.07, 6.45) is 4.37. The minimum absolute atomic E-state index is 0.0202. The molecule has 1 fully saturated rings. The maximum absolute atomic E-state index is 13.5. The Morgan fingerprint density at radius 3 is 2.74 bits per heavy atom. The lowest BCUT2D eigenvalue weighted by atomic mass is 9.97. The van der Waals surface area contributed by atoms with Gasteiger partial charge in [0.1, 0.15) is 10.6 Å². The summed E-state index contributed by atoms with van der Waals surface area (Å²) in [5.74, 6) is 0.148. The lowest BCUT2D eigenvalue weighted by Gasteiger charge is -2.36. The fraction of sp³-hybridized carbons (Fsp3) is 0.522.